The fourth-order valence-electron chi connectivity index (χ4n) is 2.28. The maximum Gasteiger partial charge on any atom is 0.251 e. The number of carbonyl (C=O) groups is 1. The van der Waals surface area contributed by atoms with E-state index >= 15 is 0 Å². The molecular weight excluding hydrogens is 266 g/mol. The molecule has 2 heterocycles. The standard InChI is InChI=1S/C12H14ClN5O/c13-7-5-8(11(14)19)10-9(6-7)16-12(17-10)18-3-1-15-2-4-18/h5-6,15H,1-4H2,(H2,14,19)(H,16,17). The van der Waals surface area contributed by atoms with Gasteiger partial charge in [0.05, 0.1) is 11.1 Å². The number of aromatic nitrogens is 2. The predicted molar refractivity (Wildman–Crippen MR) is 74.7 cm³/mol. The molecule has 1 fully saturated rings. The van der Waals surface area contributed by atoms with E-state index in [1.807, 2.05) is 0 Å². The molecule has 0 spiro atoms. The zero-order chi connectivity index (χ0) is 13.4. The van der Waals surface area contributed by atoms with Crippen LogP contribution in [-0.2, 0) is 0 Å². The molecule has 0 aliphatic carbocycles. The number of fused-ring (bicyclic) bond motifs is 1. The van der Waals surface area contributed by atoms with Gasteiger partial charge >= 0.3 is 0 Å². The van der Waals surface area contributed by atoms with Crippen LogP contribution < -0.4 is 16.0 Å². The van der Waals surface area contributed by atoms with Crippen molar-refractivity contribution in [2.24, 2.45) is 5.73 Å². The smallest absolute Gasteiger partial charge is 0.251 e. The number of carbonyl (C=O) groups excluding carboxylic acids is 1. The molecule has 1 saturated heterocycles. The van der Waals surface area contributed by atoms with Crippen LogP contribution in [0.4, 0.5) is 5.95 Å². The van der Waals surface area contributed by atoms with Crippen LogP contribution in [0.25, 0.3) is 11.0 Å². The number of nitrogens with one attached hydrogen (secondary N) is 2. The molecule has 1 amide bonds. The van der Waals surface area contributed by atoms with E-state index in [0.717, 1.165) is 37.6 Å². The van der Waals surface area contributed by atoms with Gasteiger partial charge in [0, 0.05) is 31.2 Å². The van der Waals surface area contributed by atoms with Gasteiger partial charge in [0.2, 0.25) is 5.95 Å². The van der Waals surface area contributed by atoms with Gasteiger partial charge in [-0.25, -0.2) is 4.98 Å². The van der Waals surface area contributed by atoms with Crippen molar-refractivity contribution in [2.75, 3.05) is 31.1 Å². The number of piperazine rings is 1. The van der Waals surface area contributed by atoms with E-state index in [0.29, 0.717) is 16.1 Å². The van der Waals surface area contributed by atoms with E-state index in [1.54, 1.807) is 12.1 Å². The summed E-state index contributed by atoms with van der Waals surface area (Å²) in [4.78, 5) is 21.3. The van der Waals surface area contributed by atoms with Crippen molar-refractivity contribution in [3.63, 3.8) is 0 Å². The Morgan fingerprint density at radius 3 is 2.79 bits per heavy atom. The van der Waals surface area contributed by atoms with Gasteiger partial charge in [0.15, 0.2) is 0 Å². The summed E-state index contributed by atoms with van der Waals surface area (Å²) >= 11 is 5.98. The fraction of sp³-hybridized carbons (Fsp3) is 0.333. The van der Waals surface area contributed by atoms with Gasteiger partial charge in [-0.05, 0) is 12.1 Å². The second-order valence-corrected chi connectivity index (χ2v) is 4.95. The number of hydrogen-bond donors (Lipinski definition) is 3. The van der Waals surface area contributed by atoms with Gasteiger partial charge in [-0.1, -0.05) is 11.6 Å². The van der Waals surface area contributed by atoms with Gasteiger partial charge in [-0.15, -0.1) is 0 Å². The van der Waals surface area contributed by atoms with E-state index in [-0.39, 0.29) is 0 Å². The minimum absolute atomic E-state index is 0.347. The molecule has 0 bridgehead atoms. The molecule has 2 aromatic rings. The molecule has 1 aromatic carbocycles. The Morgan fingerprint density at radius 2 is 2.11 bits per heavy atom. The van der Waals surface area contributed by atoms with E-state index in [2.05, 4.69) is 20.2 Å². The molecule has 100 valence electrons. The van der Waals surface area contributed by atoms with Crippen LogP contribution in [-0.4, -0.2) is 42.1 Å². The third kappa shape index (κ3) is 2.24. The Bertz CT molecular complexity index is 632. The van der Waals surface area contributed by atoms with Gasteiger partial charge in [0.1, 0.15) is 5.52 Å². The Hall–Kier alpha value is -1.79. The number of nitrogens with two attached hydrogens (primary N) is 1. The molecule has 1 aliphatic rings. The number of hydrogen-bond acceptors (Lipinski definition) is 4. The number of nitrogens with zero attached hydrogens (tertiary/aromatic N) is 2. The maximum absolute atomic E-state index is 11.4. The van der Waals surface area contributed by atoms with Crippen molar-refractivity contribution in [2.45, 2.75) is 0 Å². The van der Waals surface area contributed by atoms with Crippen molar-refractivity contribution in [3.05, 3.63) is 22.7 Å². The van der Waals surface area contributed by atoms with Crippen LogP contribution in [0.2, 0.25) is 5.02 Å². The molecular formula is C12H14ClN5O. The summed E-state index contributed by atoms with van der Waals surface area (Å²) in [6.45, 7) is 3.58. The fourth-order valence-corrected chi connectivity index (χ4v) is 2.50. The summed E-state index contributed by atoms with van der Waals surface area (Å²) in [6.07, 6.45) is 0. The molecule has 1 aromatic heterocycles. The molecule has 0 atom stereocenters. The number of aromatic amines is 1. The van der Waals surface area contributed by atoms with Crippen molar-refractivity contribution in [1.29, 1.82) is 0 Å². The van der Waals surface area contributed by atoms with Crippen molar-refractivity contribution >= 4 is 34.5 Å². The van der Waals surface area contributed by atoms with Crippen LogP contribution in [0.3, 0.4) is 0 Å². The lowest BCUT2D eigenvalue weighted by Crippen LogP contribution is -2.44. The zero-order valence-electron chi connectivity index (χ0n) is 10.2. The lowest BCUT2D eigenvalue weighted by Gasteiger charge is -2.26. The second-order valence-electron chi connectivity index (χ2n) is 4.51. The van der Waals surface area contributed by atoms with E-state index in [4.69, 9.17) is 17.3 Å². The normalized spacial score (nSPS) is 15.9. The monoisotopic (exact) mass is 279 g/mol. The topological polar surface area (TPSA) is 87.0 Å². The lowest BCUT2D eigenvalue weighted by molar-refractivity contribution is 0.100. The number of imidazole rings is 1. The lowest BCUT2D eigenvalue weighted by atomic mass is 10.2. The highest BCUT2D eigenvalue weighted by Crippen LogP contribution is 2.25. The number of rotatable bonds is 2. The molecule has 19 heavy (non-hydrogen) atoms. The minimum atomic E-state index is -0.522. The van der Waals surface area contributed by atoms with E-state index < -0.39 is 5.91 Å². The Balaban J connectivity index is 2.09. The van der Waals surface area contributed by atoms with Crippen molar-refractivity contribution in [3.8, 4) is 0 Å². The van der Waals surface area contributed by atoms with E-state index in [1.165, 1.54) is 0 Å². The highest BCUT2D eigenvalue weighted by atomic mass is 35.5. The SMILES string of the molecule is NC(=O)c1cc(Cl)cc2[nH]c(N3CCNCC3)nc12. The number of benzene rings is 1. The summed E-state index contributed by atoms with van der Waals surface area (Å²) in [6, 6.07) is 3.30. The predicted octanol–water partition coefficient (Wildman–Crippen LogP) is 0.725. The van der Waals surface area contributed by atoms with Crippen LogP contribution in [0, 0.1) is 0 Å². The van der Waals surface area contributed by atoms with Crippen molar-refractivity contribution < 1.29 is 4.79 Å². The number of H-pyrrole nitrogens is 1. The average Bonchev–Trinajstić information content (AvgIpc) is 2.82. The highest BCUT2D eigenvalue weighted by molar-refractivity contribution is 6.32. The maximum atomic E-state index is 11.4. The first kappa shape index (κ1) is 12.3. The third-order valence-electron chi connectivity index (χ3n) is 3.22. The number of amides is 1. The summed E-state index contributed by atoms with van der Waals surface area (Å²) in [5.74, 6) is 0.229. The quantitative estimate of drug-likeness (QED) is 0.756. The van der Waals surface area contributed by atoms with Crippen LogP contribution in [0.1, 0.15) is 10.4 Å². The second kappa shape index (κ2) is 4.71. The Kier molecular flexibility index (Phi) is 3.04. The largest absolute Gasteiger partial charge is 0.366 e. The molecule has 0 saturated carbocycles. The van der Waals surface area contributed by atoms with Crippen molar-refractivity contribution in [1.82, 2.24) is 15.3 Å². The summed E-state index contributed by atoms with van der Waals surface area (Å²) in [5.41, 5.74) is 7.01. The zero-order valence-corrected chi connectivity index (χ0v) is 11.0. The van der Waals surface area contributed by atoms with Gasteiger partial charge in [-0.3, -0.25) is 4.79 Å². The van der Waals surface area contributed by atoms with Gasteiger partial charge < -0.3 is 20.9 Å². The Labute approximate surface area is 114 Å². The molecule has 1 aliphatic heterocycles. The molecule has 3 rings (SSSR count). The van der Waals surface area contributed by atoms with Crippen LogP contribution in [0.5, 0.6) is 0 Å². The van der Waals surface area contributed by atoms with Crippen LogP contribution >= 0.6 is 11.6 Å². The first-order chi connectivity index (χ1) is 9.15. The Morgan fingerprint density at radius 1 is 1.37 bits per heavy atom. The summed E-state index contributed by atoms with van der Waals surface area (Å²) < 4.78 is 0. The number of anilines is 1. The number of primary amides is 1. The molecule has 0 unspecified atom stereocenters. The molecule has 0 radical (unpaired) electrons. The van der Waals surface area contributed by atoms with E-state index in [9.17, 15) is 4.79 Å². The summed E-state index contributed by atoms with van der Waals surface area (Å²) in [5, 5.41) is 3.75. The average molecular weight is 280 g/mol. The highest BCUT2D eigenvalue weighted by Gasteiger charge is 2.17. The minimum Gasteiger partial charge on any atom is -0.366 e. The van der Waals surface area contributed by atoms with Crippen LogP contribution in [0.15, 0.2) is 12.1 Å². The van der Waals surface area contributed by atoms with Gasteiger partial charge in [-0.2, -0.15) is 0 Å². The van der Waals surface area contributed by atoms with Gasteiger partial charge in [0.25, 0.3) is 5.91 Å². The molecule has 7 heteroatoms. The first-order valence-electron chi connectivity index (χ1n) is 6.10. The molecule has 4 N–H and O–H groups in total. The third-order valence-corrected chi connectivity index (χ3v) is 3.44. The number of halogens is 1. The summed E-state index contributed by atoms with van der Waals surface area (Å²) in [7, 11) is 0. The molecule has 6 nitrogen and oxygen atoms in total. The first-order valence-corrected chi connectivity index (χ1v) is 6.47.